The third kappa shape index (κ3) is 3.82. The molecule has 0 atom stereocenters. The molecule has 0 amide bonds. The van der Waals surface area contributed by atoms with Crippen LogP contribution in [0.15, 0.2) is 107 Å². The van der Waals surface area contributed by atoms with Crippen LogP contribution in [-0.4, -0.2) is 4.57 Å². The van der Waals surface area contributed by atoms with Gasteiger partial charge >= 0.3 is 0 Å². The molecule has 0 fully saturated rings. The van der Waals surface area contributed by atoms with Gasteiger partial charge in [-0.2, -0.15) is 0 Å². The highest BCUT2D eigenvalue weighted by molar-refractivity contribution is 7.07. The van der Waals surface area contributed by atoms with E-state index in [1.54, 1.807) is 23.5 Å². The lowest BCUT2D eigenvalue weighted by molar-refractivity contribution is 0.628. The molecule has 0 spiro atoms. The van der Waals surface area contributed by atoms with Crippen LogP contribution >= 0.6 is 11.3 Å². The molecule has 0 unspecified atom stereocenters. The summed E-state index contributed by atoms with van der Waals surface area (Å²) < 4.78 is 15.5. The molecule has 0 saturated heterocycles. The van der Waals surface area contributed by atoms with Crippen LogP contribution in [0.2, 0.25) is 0 Å². The molecule has 0 saturated carbocycles. The smallest absolute Gasteiger partial charge is 0.190 e. The van der Waals surface area contributed by atoms with Gasteiger partial charge in [-0.3, -0.25) is 0 Å². The Morgan fingerprint density at radius 3 is 2.30 bits per heavy atom. The van der Waals surface area contributed by atoms with Gasteiger partial charge in [0.15, 0.2) is 4.80 Å². The molecule has 0 N–H and O–H groups in total. The summed E-state index contributed by atoms with van der Waals surface area (Å²) >= 11 is 1.60. The SMILES string of the molecule is Fc1ccc(N=c2scc(-c3ccc4ccccc4c3)n2Cc2ccccc2)cc1. The highest BCUT2D eigenvalue weighted by atomic mass is 32.1. The molecule has 0 radical (unpaired) electrons. The van der Waals surface area contributed by atoms with Crippen LogP contribution in [0.5, 0.6) is 0 Å². The van der Waals surface area contributed by atoms with Crippen LogP contribution < -0.4 is 4.80 Å². The number of nitrogens with zero attached hydrogens (tertiary/aromatic N) is 2. The zero-order valence-electron chi connectivity index (χ0n) is 16.2. The Bertz CT molecular complexity index is 1370. The Morgan fingerprint density at radius 1 is 0.767 bits per heavy atom. The Labute approximate surface area is 178 Å². The first kappa shape index (κ1) is 18.5. The highest BCUT2D eigenvalue weighted by Gasteiger charge is 2.10. The van der Waals surface area contributed by atoms with Gasteiger partial charge in [-0.25, -0.2) is 9.38 Å². The van der Waals surface area contributed by atoms with Gasteiger partial charge < -0.3 is 4.57 Å². The molecule has 5 rings (SSSR count). The van der Waals surface area contributed by atoms with Crippen molar-refractivity contribution in [3.63, 3.8) is 0 Å². The maximum Gasteiger partial charge on any atom is 0.190 e. The van der Waals surface area contributed by atoms with Gasteiger partial charge in [-0.15, -0.1) is 11.3 Å². The first-order chi connectivity index (χ1) is 14.8. The number of benzene rings is 4. The summed E-state index contributed by atoms with van der Waals surface area (Å²) in [5, 5.41) is 4.59. The van der Waals surface area contributed by atoms with Gasteiger partial charge in [0, 0.05) is 5.38 Å². The number of fused-ring (bicyclic) bond motifs is 1. The second-order valence-electron chi connectivity index (χ2n) is 7.13. The zero-order chi connectivity index (χ0) is 20.3. The molecule has 1 heterocycles. The summed E-state index contributed by atoms with van der Waals surface area (Å²) in [4.78, 5) is 5.68. The highest BCUT2D eigenvalue weighted by Crippen LogP contribution is 2.26. The molecule has 0 aliphatic heterocycles. The quantitative estimate of drug-likeness (QED) is 0.310. The fourth-order valence-corrected chi connectivity index (χ4v) is 4.47. The number of aromatic nitrogens is 1. The van der Waals surface area contributed by atoms with Crippen LogP contribution in [0.25, 0.3) is 22.0 Å². The van der Waals surface area contributed by atoms with Crippen LogP contribution in [-0.2, 0) is 6.54 Å². The first-order valence-corrected chi connectivity index (χ1v) is 10.7. The molecule has 1 aromatic heterocycles. The van der Waals surface area contributed by atoms with E-state index >= 15 is 0 Å². The van der Waals surface area contributed by atoms with Crippen molar-refractivity contribution in [2.24, 2.45) is 4.99 Å². The van der Waals surface area contributed by atoms with E-state index in [1.165, 1.54) is 28.5 Å². The molecule has 2 nitrogen and oxygen atoms in total. The standard InChI is InChI=1S/C26H19FN2S/c27-23-12-14-24(15-13-23)28-26-29(17-19-6-2-1-3-7-19)25(18-30-26)22-11-10-20-8-4-5-9-21(20)16-22/h1-16,18H,17H2. The van der Waals surface area contributed by atoms with E-state index < -0.39 is 0 Å². The Hall–Kier alpha value is -3.50. The van der Waals surface area contributed by atoms with Gasteiger partial charge in [-0.1, -0.05) is 66.7 Å². The second kappa shape index (κ2) is 8.09. The van der Waals surface area contributed by atoms with E-state index in [2.05, 4.69) is 76.7 Å². The summed E-state index contributed by atoms with van der Waals surface area (Å²) in [6.45, 7) is 0.715. The van der Waals surface area contributed by atoms with Crippen LogP contribution in [0.4, 0.5) is 10.1 Å². The molecule has 5 aromatic rings. The lowest BCUT2D eigenvalue weighted by Gasteiger charge is -2.10. The third-order valence-corrected chi connectivity index (χ3v) is 5.94. The van der Waals surface area contributed by atoms with Gasteiger partial charge in [0.05, 0.1) is 17.9 Å². The van der Waals surface area contributed by atoms with Gasteiger partial charge in [0.2, 0.25) is 0 Å². The summed E-state index contributed by atoms with van der Waals surface area (Å²) in [6.07, 6.45) is 0. The Balaban J connectivity index is 1.66. The van der Waals surface area contributed by atoms with Crippen LogP contribution in [0.1, 0.15) is 5.56 Å². The molecular formula is C26H19FN2S. The molecule has 4 heteroatoms. The van der Waals surface area contributed by atoms with Crippen molar-refractivity contribution < 1.29 is 4.39 Å². The van der Waals surface area contributed by atoms with Gasteiger partial charge in [0.25, 0.3) is 0 Å². The molecular weight excluding hydrogens is 391 g/mol. The average molecular weight is 411 g/mol. The van der Waals surface area contributed by atoms with Crippen molar-refractivity contribution in [2.75, 3.05) is 0 Å². The van der Waals surface area contributed by atoms with E-state index in [0.29, 0.717) is 6.54 Å². The van der Waals surface area contributed by atoms with Crippen molar-refractivity contribution in [1.82, 2.24) is 4.57 Å². The molecule has 146 valence electrons. The number of rotatable bonds is 4. The summed E-state index contributed by atoms with van der Waals surface area (Å²) in [7, 11) is 0. The van der Waals surface area contributed by atoms with Crippen molar-refractivity contribution >= 4 is 27.8 Å². The van der Waals surface area contributed by atoms with E-state index in [-0.39, 0.29) is 5.82 Å². The zero-order valence-corrected chi connectivity index (χ0v) is 17.0. The van der Waals surface area contributed by atoms with Crippen molar-refractivity contribution in [1.29, 1.82) is 0 Å². The minimum atomic E-state index is -0.255. The molecule has 0 aliphatic carbocycles. The van der Waals surface area contributed by atoms with E-state index in [4.69, 9.17) is 4.99 Å². The summed E-state index contributed by atoms with van der Waals surface area (Å²) in [5.41, 5.74) is 4.22. The number of hydrogen-bond acceptors (Lipinski definition) is 2. The normalized spacial score (nSPS) is 11.8. The summed E-state index contributed by atoms with van der Waals surface area (Å²) in [6, 6.07) is 31.6. The van der Waals surface area contributed by atoms with Crippen LogP contribution in [0.3, 0.4) is 0 Å². The van der Waals surface area contributed by atoms with Gasteiger partial charge in [0.1, 0.15) is 5.82 Å². The van der Waals surface area contributed by atoms with E-state index in [1.807, 2.05) is 6.07 Å². The fraction of sp³-hybridized carbons (Fsp3) is 0.0385. The fourth-order valence-electron chi connectivity index (χ4n) is 3.54. The minimum Gasteiger partial charge on any atom is -0.312 e. The monoisotopic (exact) mass is 410 g/mol. The lowest BCUT2D eigenvalue weighted by Crippen LogP contribution is -2.16. The van der Waals surface area contributed by atoms with E-state index in [0.717, 1.165) is 21.7 Å². The largest absolute Gasteiger partial charge is 0.312 e. The molecule has 0 bridgehead atoms. The van der Waals surface area contributed by atoms with Crippen LogP contribution in [0, 0.1) is 5.82 Å². The average Bonchev–Trinajstić information content (AvgIpc) is 3.17. The lowest BCUT2D eigenvalue weighted by atomic mass is 10.1. The maximum atomic E-state index is 13.3. The second-order valence-corrected chi connectivity index (χ2v) is 7.96. The maximum absolute atomic E-state index is 13.3. The predicted molar refractivity (Wildman–Crippen MR) is 122 cm³/mol. The number of hydrogen-bond donors (Lipinski definition) is 0. The third-order valence-electron chi connectivity index (χ3n) is 5.08. The van der Waals surface area contributed by atoms with Crippen molar-refractivity contribution in [3.05, 3.63) is 119 Å². The molecule has 0 aliphatic rings. The number of thiazole rings is 1. The Kier molecular flexibility index (Phi) is 4.99. The van der Waals surface area contributed by atoms with E-state index in [9.17, 15) is 4.39 Å². The van der Waals surface area contributed by atoms with Gasteiger partial charge in [-0.05, 0) is 52.2 Å². The van der Waals surface area contributed by atoms with Crippen molar-refractivity contribution in [2.45, 2.75) is 6.54 Å². The first-order valence-electron chi connectivity index (χ1n) is 9.78. The summed E-state index contributed by atoms with van der Waals surface area (Å²) in [5.74, 6) is -0.255. The molecule has 30 heavy (non-hydrogen) atoms. The minimum absolute atomic E-state index is 0.255. The molecule has 4 aromatic carbocycles. The predicted octanol–water partition coefficient (Wildman–Crippen LogP) is 6.79. The number of halogens is 1. The topological polar surface area (TPSA) is 17.3 Å². The van der Waals surface area contributed by atoms with Crippen molar-refractivity contribution in [3.8, 4) is 11.3 Å². The Morgan fingerprint density at radius 2 is 1.50 bits per heavy atom.